The minimum Gasteiger partial charge on any atom is -0.372 e. The fraction of sp³-hybridized carbons (Fsp3) is 0.409. The summed E-state index contributed by atoms with van der Waals surface area (Å²) in [7, 11) is -3.58. The van der Waals surface area contributed by atoms with E-state index in [1.807, 2.05) is 24.5 Å². The Labute approximate surface area is 183 Å². The molecule has 0 unspecified atom stereocenters. The van der Waals surface area contributed by atoms with E-state index in [0.29, 0.717) is 12.2 Å². The van der Waals surface area contributed by atoms with Crippen LogP contribution in [-0.2, 0) is 21.4 Å². The van der Waals surface area contributed by atoms with Gasteiger partial charge in [0, 0.05) is 30.2 Å². The van der Waals surface area contributed by atoms with Crippen LogP contribution in [0.5, 0.6) is 0 Å². The molecule has 0 saturated carbocycles. The molecule has 2 aromatic rings. The first kappa shape index (κ1) is 22.5. The second-order valence-corrected chi connectivity index (χ2v) is 10.2. The van der Waals surface area contributed by atoms with E-state index in [-0.39, 0.29) is 12.5 Å². The normalized spacial score (nSPS) is 14.4. The fourth-order valence-corrected chi connectivity index (χ4v) is 4.83. The number of hydrogen-bond donors (Lipinski definition) is 1. The minimum absolute atomic E-state index is 0.247. The summed E-state index contributed by atoms with van der Waals surface area (Å²) in [6, 6.07) is 15.4. The van der Waals surface area contributed by atoms with Gasteiger partial charge < -0.3 is 10.2 Å². The fourth-order valence-electron chi connectivity index (χ4n) is 3.53. The number of anilines is 2. The van der Waals surface area contributed by atoms with Crippen molar-refractivity contribution >= 4 is 39.1 Å². The van der Waals surface area contributed by atoms with Crippen molar-refractivity contribution in [1.29, 1.82) is 0 Å². The van der Waals surface area contributed by atoms with Crippen LogP contribution in [0.1, 0.15) is 24.8 Å². The standard InChI is InChI=1S/C22H29N3O3S2/c1-29-21-8-6-7-20(15-21)25(30(2,27)28)17-22(26)23-16-18-9-11-19(12-10-18)24-13-4-3-5-14-24/h6-12,15H,3-5,13-14,16-17H2,1-2H3,(H,23,26). The molecule has 6 nitrogen and oxygen atoms in total. The number of sulfonamides is 1. The van der Waals surface area contributed by atoms with Crippen molar-refractivity contribution in [2.24, 2.45) is 0 Å². The summed E-state index contributed by atoms with van der Waals surface area (Å²) in [5.41, 5.74) is 2.69. The molecule has 2 aromatic carbocycles. The summed E-state index contributed by atoms with van der Waals surface area (Å²) in [5.74, 6) is -0.338. The van der Waals surface area contributed by atoms with Gasteiger partial charge in [-0.25, -0.2) is 8.42 Å². The summed E-state index contributed by atoms with van der Waals surface area (Å²) in [4.78, 5) is 15.8. The van der Waals surface area contributed by atoms with Gasteiger partial charge in [-0.1, -0.05) is 18.2 Å². The third kappa shape index (κ3) is 6.15. The highest BCUT2D eigenvalue weighted by Crippen LogP contribution is 2.24. The molecule has 30 heavy (non-hydrogen) atoms. The number of thioether (sulfide) groups is 1. The monoisotopic (exact) mass is 447 g/mol. The van der Waals surface area contributed by atoms with E-state index in [1.165, 1.54) is 36.7 Å². The number of carbonyl (C=O) groups excluding carboxylic acids is 1. The zero-order valence-corrected chi connectivity index (χ0v) is 19.1. The van der Waals surface area contributed by atoms with E-state index in [4.69, 9.17) is 0 Å². The van der Waals surface area contributed by atoms with E-state index in [0.717, 1.165) is 34.1 Å². The van der Waals surface area contributed by atoms with Crippen LogP contribution in [0.15, 0.2) is 53.4 Å². The first-order valence-electron chi connectivity index (χ1n) is 10.1. The second-order valence-electron chi connectivity index (χ2n) is 7.46. The van der Waals surface area contributed by atoms with Gasteiger partial charge in [0.25, 0.3) is 0 Å². The van der Waals surface area contributed by atoms with E-state index in [9.17, 15) is 13.2 Å². The highest BCUT2D eigenvalue weighted by Gasteiger charge is 2.21. The minimum atomic E-state index is -3.58. The Balaban J connectivity index is 1.60. The van der Waals surface area contributed by atoms with Crippen LogP contribution in [0.2, 0.25) is 0 Å². The molecule has 1 aliphatic heterocycles. The first-order chi connectivity index (χ1) is 14.4. The second kappa shape index (κ2) is 10.2. The largest absolute Gasteiger partial charge is 0.372 e. The lowest BCUT2D eigenvalue weighted by atomic mass is 10.1. The maximum absolute atomic E-state index is 12.5. The van der Waals surface area contributed by atoms with Crippen molar-refractivity contribution in [2.75, 3.05) is 41.4 Å². The van der Waals surface area contributed by atoms with Crippen molar-refractivity contribution in [1.82, 2.24) is 5.32 Å². The predicted octanol–water partition coefficient (Wildman–Crippen LogP) is 3.48. The third-order valence-electron chi connectivity index (χ3n) is 5.18. The molecule has 0 aromatic heterocycles. The van der Waals surface area contributed by atoms with Crippen molar-refractivity contribution in [2.45, 2.75) is 30.7 Å². The summed E-state index contributed by atoms with van der Waals surface area (Å²) in [5, 5.41) is 2.84. The van der Waals surface area contributed by atoms with Crippen molar-refractivity contribution < 1.29 is 13.2 Å². The number of nitrogens with one attached hydrogen (secondary N) is 1. The summed E-state index contributed by atoms with van der Waals surface area (Å²) >= 11 is 1.52. The molecule has 1 amide bonds. The summed E-state index contributed by atoms with van der Waals surface area (Å²) in [6.07, 6.45) is 6.80. The highest BCUT2D eigenvalue weighted by atomic mass is 32.2. The molecule has 0 bridgehead atoms. The Morgan fingerprint density at radius 2 is 1.80 bits per heavy atom. The number of piperidine rings is 1. The zero-order chi connectivity index (χ0) is 21.6. The van der Waals surface area contributed by atoms with Gasteiger partial charge in [-0.2, -0.15) is 0 Å². The van der Waals surface area contributed by atoms with Gasteiger partial charge in [0.15, 0.2) is 0 Å². The third-order valence-corrected chi connectivity index (χ3v) is 7.04. The molecule has 1 aliphatic rings. The Bertz CT molecular complexity index is 956. The molecule has 1 N–H and O–H groups in total. The summed E-state index contributed by atoms with van der Waals surface area (Å²) < 4.78 is 25.7. The molecule has 1 saturated heterocycles. The van der Waals surface area contributed by atoms with Gasteiger partial charge in [-0.05, 0) is 61.4 Å². The molecular weight excluding hydrogens is 418 g/mol. The molecule has 0 atom stereocenters. The van der Waals surface area contributed by atoms with Gasteiger partial charge in [-0.3, -0.25) is 9.10 Å². The highest BCUT2D eigenvalue weighted by molar-refractivity contribution is 7.98. The molecule has 1 fully saturated rings. The van der Waals surface area contributed by atoms with Gasteiger partial charge in [0.1, 0.15) is 6.54 Å². The van der Waals surface area contributed by atoms with E-state index >= 15 is 0 Å². The Morgan fingerprint density at radius 3 is 2.43 bits per heavy atom. The number of rotatable bonds is 8. The molecule has 1 heterocycles. The van der Waals surface area contributed by atoms with Gasteiger partial charge in [-0.15, -0.1) is 11.8 Å². The molecule has 162 valence electrons. The Morgan fingerprint density at radius 1 is 1.10 bits per heavy atom. The zero-order valence-electron chi connectivity index (χ0n) is 17.5. The summed E-state index contributed by atoms with van der Waals surface area (Å²) in [6.45, 7) is 2.30. The maximum atomic E-state index is 12.5. The van der Waals surface area contributed by atoms with Crippen LogP contribution < -0.4 is 14.5 Å². The molecule has 0 aliphatic carbocycles. The molecule has 8 heteroatoms. The van der Waals surface area contributed by atoms with Crippen molar-refractivity contribution in [3.8, 4) is 0 Å². The molecule has 0 radical (unpaired) electrons. The van der Waals surface area contributed by atoms with Crippen LogP contribution in [-0.4, -0.2) is 46.5 Å². The average molecular weight is 448 g/mol. The van der Waals surface area contributed by atoms with E-state index in [2.05, 4.69) is 22.3 Å². The SMILES string of the molecule is CSc1cccc(N(CC(=O)NCc2ccc(N3CCCCC3)cc2)S(C)(=O)=O)c1. The average Bonchev–Trinajstić information content (AvgIpc) is 2.76. The maximum Gasteiger partial charge on any atom is 0.241 e. The lowest BCUT2D eigenvalue weighted by molar-refractivity contribution is -0.119. The number of nitrogens with zero attached hydrogens (tertiary/aromatic N) is 2. The lowest BCUT2D eigenvalue weighted by Gasteiger charge is -2.28. The molecule has 3 rings (SSSR count). The van der Waals surface area contributed by atoms with Gasteiger partial charge >= 0.3 is 0 Å². The molecular formula is C22H29N3O3S2. The van der Waals surface area contributed by atoms with E-state index < -0.39 is 10.0 Å². The van der Waals surface area contributed by atoms with Crippen molar-refractivity contribution in [3.05, 3.63) is 54.1 Å². The van der Waals surface area contributed by atoms with Crippen LogP contribution >= 0.6 is 11.8 Å². The topological polar surface area (TPSA) is 69.7 Å². The van der Waals surface area contributed by atoms with Gasteiger partial charge in [0.2, 0.25) is 15.9 Å². The number of carbonyl (C=O) groups is 1. The quantitative estimate of drug-likeness (QED) is 0.628. The Hall–Kier alpha value is -2.19. The number of hydrogen-bond acceptors (Lipinski definition) is 5. The van der Waals surface area contributed by atoms with Gasteiger partial charge in [0.05, 0.1) is 11.9 Å². The smallest absolute Gasteiger partial charge is 0.241 e. The van der Waals surface area contributed by atoms with Crippen LogP contribution in [0.25, 0.3) is 0 Å². The van der Waals surface area contributed by atoms with Crippen LogP contribution in [0.4, 0.5) is 11.4 Å². The first-order valence-corrected chi connectivity index (χ1v) is 13.2. The Kier molecular flexibility index (Phi) is 7.66. The lowest BCUT2D eigenvalue weighted by Crippen LogP contribution is -2.40. The molecule has 0 spiro atoms. The predicted molar refractivity (Wildman–Crippen MR) is 125 cm³/mol. The van der Waals surface area contributed by atoms with Crippen LogP contribution in [0, 0.1) is 0 Å². The van der Waals surface area contributed by atoms with E-state index in [1.54, 1.807) is 18.2 Å². The number of amides is 1. The van der Waals surface area contributed by atoms with Crippen LogP contribution in [0.3, 0.4) is 0 Å². The van der Waals surface area contributed by atoms with Crippen molar-refractivity contribution in [3.63, 3.8) is 0 Å². The number of benzene rings is 2.